The molecule has 0 aliphatic carbocycles. The summed E-state index contributed by atoms with van der Waals surface area (Å²) in [6.07, 6.45) is 2.11. The zero-order chi connectivity index (χ0) is 18.1. The summed E-state index contributed by atoms with van der Waals surface area (Å²) in [4.78, 5) is 12.0. The van der Waals surface area contributed by atoms with Crippen LogP contribution in [0.4, 0.5) is 5.69 Å². The van der Waals surface area contributed by atoms with Crippen LogP contribution >= 0.6 is 11.6 Å². The molecule has 0 saturated heterocycles. The molecule has 1 N–H and O–H groups in total. The van der Waals surface area contributed by atoms with Gasteiger partial charge in [-0.2, -0.15) is 0 Å². The number of hydrogen-bond donors (Lipinski definition) is 1. The van der Waals surface area contributed by atoms with E-state index < -0.39 is 0 Å². The van der Waals surface area contributed by atoms with E-state index in [2.05, 4.69) is 12.2 Å². The Morgan fingerprint density at radius 1 is 1.08 bits per heavy atom. The maximum absolute atomic E-state index is 12.0. The normalized spacial score (nSPS) is 10.2. The molecule has 0 heterocycles. The number of ether oxygens (including phenoxy) is 3. The molecule has 5 nitrogen and oxygen atoms in total. The Morgan fingerprint density at radius 3 is 2.40 bits per heavy atom. The van der Waals surface area contributed by atoms with Gasteiger partial charge in [0.05, 0.1) is 19.4 Å². The molecule has 0 aromatic heterocycles. The molecule has 0 unspecified atom stereocenters. The van der Waals surface area contributed by atoms with Crippen molar-refractivity contribution in [3.8, 4) is 17.2 Å². The van der Waals surface area contributed by atoms with Gasteiger partial charge in [-0.15, -0.1) is 0 Å². The largest absolute Gasteiger partial charge is 0.495 e. The second kappa shape index (κ2) is 9.79. The third kappa shape index (κ3) is 6.19. The summed E-state index contributed by atoms with van der Waals surface area (Å²) in [6, 6.07) is 12.2. The van der Waals surface area contributed by atoms with Crippen molar-refractivity contribution < 1.29 is 19.0 Å². The van der Waals surface area contributed by atoms with Crippen LogP contribution in [0.25, 0.3) is 0 Å². The zero-order valence-corrected chi connectivity index (χ0v) is 15.1. The molecule has 0 bridgehead atoms. The van der Waals surface area contributed by atoms with E-state index in [0.29, 0.717) is 28.8 Å². The van der Waals surface area contributed by atoms with Gasteiger partial charge in [0.1, 0.15) is 17.2 Å². The molecule has 6 heteroatoms. The molecule has 0 fully saturated rings. The Kier molecular flexibility index (Phi) is 7.41. The first-order valence-electron chi connectivity index (χ1n) is 8.11. The fourth-order valence-corrected chi connectivity index (χ4v) is 2.25. The predicted octanol–water partition coefficient (Wildman–Crippen LogP) is 4.55. The number of hydrogen-bond acceptors (Lipinski definition) is 4. The van der Waals surface area contributed by atoms with Crippen LogP contribution in [0.3, 0.4) is 0 Å². The molecule has 134 valence electrons. The van der Waals surface area contributed by atoms with Crippen LogP contribution in [0, 0.1) is 0 Å². The maximum Gasteiger partial charge on any atom is 0.262 e. The monoisotopic (exact) mass is 363 g/mol. The number of carbonyl (C=O) groups excluding carboxylic acids is 1. The van der Waals surface area contributed by atoms with Crippen molar-refractivity contribution in [2.24, 2.45) is 0 Å². The van der Waals surface area contributed by atoms with Crippen LogP contribution in [0.15, 0.2) is 42.5 Å². The number of anilines is 1. The molecule has 0 aliphatic heterocycles. The van der Waals surface area contributed by atoms with E-state index in [0.717, 1.165) is 18.6 Å². The third-order valence-corrected chi connectivity index (χ3v) is 3.63. The topological polar surface area (TPSA) is 56.8 Å². The zero-order valence-electron chi connectivity index (χ0n) is 14.4. The van der Waals surface area contributed by atoms with E-state index in [4.69, 9.17) is 25.8 Å². The molecule has 0 radical (unpaired) electrons. The molecular weight excluding hydrogens is 342 g/mol. The van der Waals surface area contributed by atoms with E-state index in [1.54, 1.807) is 30.3 Å². The van der Waals surface area contributed by atoms with E-state index in [1.165, 1.54) is 7.11 Å². The lowest BCUT2D eigenvalue weighted by atomic mass is 10.3. The number of amides is 1. The number of methoxy groups -OCH3 is 1. The van der Waals surface area contributed by atoms with Gasteiger partial charge < -0.3 is 19.5 Å². The molecule has 2 rings (SSSR count). The van der Waals surface area contributed by atoms with Crippen molar-refractivity contribution in [1.29, 1.82) is 0 Å². The first-order chi connectivity index (χ1) is 12.1. The van der Waals surface area contributed by atoms with Gasteiger partial charge in [0.25, 0.3) is 5.91 Å². The first-order valence-corrected chi connectivity index (χ1v) is 8.49. The fourth-order valence-electron chi connectivity index (χ4n) is 2.08. The van der Waals surface area contributed by atoms with E-state index in [9.17, 15) is 4.79 Å². The third-order valence-electron chi connectivity index (χ3n) is 3.40. The van der Waals surface area contributed by atoms with Gasteiger partial charge >= 0.3 is 0 Å². The summed E-state index contributed by atoms with van der Waals surface area (Å²) >= 11 is 5.94. The highest BCUT2D eigenvalue weighted by molar-refractivity contribution is 6.31. The quantitative estimate of drug-likeness (QED) is 0.664. The molecule has 0 atom stereocenters. The van der Waals surface area contributed by atoms with Gasteiger partial charge in [0.15, 0.2) is 6.61 Å². The van der Waals surface area contributed by atoms with Gasteiger partial charge in [0, 0.05) is 5.02 Å². The second-order valence-corrected chi connectivity index (χ2v) is 5.79. The minimum absolute atomic E-state index is 0.119. The van der Waals surface area contributed by atoms with Crippen LogP contribution in [-0.2, 0) is 4.79 Å². The van der Waals surface area contributed by atoms with Crippen molar-refractivity contribution in [3.05, 3.63) is 47.5 Å². The van der Waals surface area contributed by atoms with Crippen LogP contribution in [0.1, 0.15) is 19.8 Å². The lowest BCUT2D eigenvalue weighted by Crippen LogP contribution is -2.20. The number of unbranched alkanes of at least 4 members (excludes halogenated alkanes) is 1. The lowest BCUT2D eigenvalue weighted by Gasteiger charge is -2.11. The van der Waals surface area contributed by atoms with Gasteiger partial charge in [-0.05, 0) is 48.9 Å². The average molecular weight is 364 g/mol. The SMILES string of the molecule is CCCCOc1ccc(OCC(=O)Nc2cc(Cl)ccc2OC)cc1. The molecule has 1 amide bonds. The van der Waals surface area contributed by atoms with Crippen LogP contribution < -0.4 is 19.5 Å². The van der Waals surface area contributed by atoms with Gasteiger partial charge in [-0.3, -0.25) is 4.79 Å². The highest BCUT2D eigenvalue weighted by atomic mass is 35.5. The number of benzene rings is 2. The van der Waals surface area contributed by atoms with Crippen LogP contribution in [0.5, 0.6) is 17.2 Å². The first kappa shape index (κ1) is 18.9. The lowest BCUT2D eigenvalue weighted by molar-refractivity contribution is -0.118. The summed E-state index contributed by atoms with van der Waals surface area (Å²) in [5.41, 5.74) is 0.503. The molecule has 0 saturated carbocycles. The molecule has 2 aromatic rings. The second-order valence-electron chi connectivity index (χ2n) is 5.35. The number of halogens is 1. The highest BCUT2D eigenvalue weighted by Gasteiger charge is 2.09. The van der Waals surface area contributed by atoms with Crippen molar-refractivity contribution >= 4 is 23.2 Å². The molecule has 0 aliphatic rings. The van der Waals surface area contributed by atoms with Crippen LogP contribution in [0.2, 0.25) is 5.02 Å². The van der Waals surface area contributed by atoms with Crippen molar-refractivity contribution in [1.82, 2.24) is 0 Å². The van der Waals surface area contributed by atoms with Gasteiger partial charge in [-0.25, -0.2) is 0 Å². The van der Waals surface area contributed by atoms with Crippen molar-refractivity contribution in [3.63, 3.8) is 0 Å². The Hall–Kier alpha value is -2.40. The summed E-state index contributed by atoms with van der Waals surface area (Å²) in [5.74, 6) is 1.61. The summed E-state index contributed by atoms with van der Waals surface area (Å²) in [5, 5.41) is 3.23. The number of carbonyl (C=O) groups is 1. The summed E-state index contributed by atoms with van der Waals surface area (Å²) in [7, 11) is 1.53. The highest BCUT2D eigenvalue weighted by Crippen LogP contribution is 2.27. The standard InChI is InChI=1S/C19H22ClNO4/c1-3-4-11-24-15-6-8-16(9-7-15)25-13-19(22)21-17-12-14(20)5-10-18(17)23-2/h5-10,12H,3-4,11,13H2,1-2H3,(H,21,22). The fraction of sp³-hybridized carbons (Fsp3) is 0.316. The Labute approximate surface area is 152 Å². The number of rotatable bonds is 9. The maximum atomic E-state index is 12.0. The summed E-state index contributed by atoms with van der Waals surface area (Å²) < 4.78 is 16.3. The molecule has 0 spiro atoms. The summed E-state index contributed by atoms with van der Waals surface area (Å²) in [6.45, 7) is 2.69. The van der Waals surface area contributed by atoms with E-state index in [1.807, 2.05) is 12.1 Å². The minimum atomic E-state index is -0.302. The number of nitrogens with one attached hydrogen (secondary N) is 1. The van der Waals surface area contributed by atoms with E-state index >= 15 is 0 Å². The molecular formula is C19H22ClNO4. The minimum Gasteiger partial charge on any atom is -0.495 e. The Balaban J connectivity index is 1.84. The van der Waals surface area contributed by atoms with Crippen molar-refractivity contribution in [2.45, 2.75) is 19.8 Å². The molecule has 25 heavy (non-hydrogen) atoms. The van der Waals surface area contributed by atoms with Gasteiger partial charge in [-0.1, -0.05) is 24.9 Å². The molecule has 2 aromatic carbocycles. The Morgan fingerprint density at radius 2 is 1.76 bits per heavy atom. The average Bonchev–Trinajstić information content (AvgIpc) is 2.61. The van der Waals surface area contributed by atoms with Crippen LogP contribution in [-0.4, -0.2) is 26.2 Å². The predicted molar refractivity (Wildman–Crippen MR) is 99.0 cm³/mol. The van der Waals surface area contributed by atoms with Crippen molar-refractivity contribution in [2.75, 3.05) is 25.6 Å². The van der Waals surface area contributed by atoms with E-state index in [-0.39, 0.29) is 12.5 Å². The smallest absolute Gasteiger partial charge is 0.262 e. The Bertz CT molecular complexity index is 688. The van der Waals surface area contributed by atoms with Gasteiger partial charge in [0.2, 0.25) is 0 Å².